The van der Waals surface area contributed by atoms with Crippen LogP contribution in [0.2, 0.25) is 0 Å². The maximum Gasteiger partial charge on any atom is 0.210 e. The van der Waals surface area contributed by atoms with E-state index in [0.29, 0.717) is 5.69 Å². The molecule has 3 aromatic heterocycles. The molecule has 10 aromatic rings. The fraction of sp³-hybridized carbons (Fsp3) is 0. The third-order valence-electron chi connectivity index (χ3n) is 9.54. The molecule has 0 bridgehead atoms. The van der Waals surface area contributed by atoms with Crippen LogP contribution in [0.15, 0.2) is 156 Å². The van der Waals surface area contributed by atoms with Crippen LogP contribution in [0.3, 0.4) is 0 Å². The number of rotatable bonds is 3. The van der Waals surface area contributed by atoms with Gasteiger partial charge >= 0.3 is 0 Å². The highest BCUT2D eigenvalue weighted by molar-refractivity contribution is 6.17. The Labute approximate surface area is 269 Å². The van der Waals surface area contributed by atoms with Crippen molar-refractivity contribution in [3.05, 3.63) is 163 Å². The predicted octanol–water partition coefficient (Wildman–Crippen LogP) is 12.0. The first-order valence-corrected chi connectivity index (χ1v) is 15.7. The number of hydrogen-bond acceptors (Lipinski definition) is 1. The summed E-state index contributed by atoms with van der Waals surface area (Å²) in [4.78, 5) is 3.99. The SMILES string of the molecule is [C-]#[N+]c1ccc(-c2ccccc2-n2c3ccccc3c3cc4oc5ccccc5c4cc32)cc1-n1c2ccccc2c2ccccc21. The van der Waals surface area contributed by atoms with E-state index in [1.165, 1.54) is 16.2 Å². The van der Waals surface area contributed by atoms with E-state index in [1.54, 1.807) is 0 Å². The Kier molecular flexibility index (Phi) is 5.32. The minimum absolute atomic E-state index is 0.615. The van der Waals surface area contributed by atoms with E-state index in [9.17, 15) is 0 Å². The summed E-state index contributed by atoms with van der Waals surface area (Å²) >= 11 is 0. The first kappa shape index (κ1) is 25.7. The smallest absolute Gasteiger partial charge is 0.210 e. The molecule has 218 valence electrons. The Hall–Kier alpha value is -6.57. The summed E-state index contributed by atoms with van der Waals surface area (Å²) in [6, 6.07) is 53.0. The molecule has 0 aliphatic carbocycles. The lowest BCUT2D eigenvalue weighted by atomic mass is 10.0. The van der Waals surface area contributed by atoms with Gasteiger partial charge in [-0.05, 0) is 54.1 Å². The van der Waals surface area contributed by atoms with Crippen molar-refractivity contribution in [2.45, 2.75) is 0 Å². The second-order valence-corrected chi connectivity index (χ2v) is 12.0. The first-order valence-electron chi connectivity index (χ1n) is 15.7. The summed E-state index contributed by atoms with van der Waals surface area (Å²) in [6.07, 6.45) is 0. The predicted molar refractivity (Wildman–Crippen MR) is 194 cm³/mol. The lowest BCUT2D eigenvalue weighted by molar-refractivity contribution is 0.669. The lowest BCUT2D eigenvalue weighted by Gasteiger charge is -2.16. The van der Waals surface area contributed by atoms with Gasteiger partial charge in [0.2, 0.25) is 5.69 Å². The van der Waals surface area contributed by atoms with Crippen LogP contribution in [-0.2, 0) is 0 Å². The Morgan fingerprint density at radius 3 is 1.70 bits per heavy atom. The summed E-state index contributed by atoms with van der Waals surface area (Å²) in [7, 11) is 0. The fourth-order valence-corrected chi connectivity index (χ4v) is 7.51. The number of nitrogens with zero attached hydrogens (tertiary/aromatic N) is 3. The molecule has 4 heteroatoms. The summed E-state index contributed by atoms with van der Waals surface area (Å²) in [5.74, 6) is 0. The zero-order valence-corrected chi connectivity index (χ0v) is 25.2. The van der Waals surface area contributed by atoms with Crippen molar-refractivity contribution >= 4 is 71.2 Å². The van der Waals surface area contributed by atoms with E-state index < -0.39 is 0 Å². The van der Waals surface area contributed by atoms with E-state index in [2.05, 4.69) is 147 Å². The second kappa shape index (κ2) is 9.71. The standard InChI is InChI=1S/C43H25N3O/c1-44-35-23-22-27(24-41(35)46-37-18-8-3-13-29(37)30-14-4-9-19-38(30)46)28-12-2-7-17-36(28)45-39-20-10-5-15-31(39)33-26-43-34(25-40(33)45)32-16-6-11-21-42(32)47-43/h2-26H. The minimum Gasteiger partial charge on any atom is -0.456 e. The number of fused-ring (bicyclic) bond motifs is 9. The maximum absolute atomic E-state index is 8.12. The monoisotopic (exact) mass is 599 g/mol. The van der Waals surface area contributed by atoms with Crippen LogP contribution in [-0.4, -0.2) is 9.13 Å². The normalized spacial score (nSPS) is 11.8. The summed E-state index contributed by atoms with van der Waals surface area (Å²) in [5.41, 5.74) is 10.9. The highest BCUT2D eigenvalue weighted by Crippen LogP contribution is 2.42. The van der Waals surface area contributed by atoms with E-state index >= 15 is 0 Å². The van der Waals surface area contributed by atoms with Gasteiger partial charge in [0.1, 0.15) is 11.2 Å². The molecule has 0 saturated heterocycles. The molecule has 0 radical (unpaired) electrons. The zero-order valence-electron chi connectivity index (χ0n) is 25.2. The molecule has 0 amide bonds. The second-order valence-electron chi connectivity index (χ2n) is 12.0. The molecule has 7 aromatic carbocycles. The van der Waals surface area contributed by atoms with Crippen molar-refractivity contribution in [1.29, 1.82) is 0 Å². The molecule has 0 unspecified atom stereocenters. The average molecular weight is 600 g/mol. The Morgan fingerprint density at radius 1 is 0.426 bits per heavy atom. The molecule has 0 aliphatic rings. The van der Waals surface area contributed by atoms with Gasteiger partial charge in [-0.2, -0.15) is 0 Å². The van der Waals surface area contributed by atoms with E-state index in [1.807, 2.05) is 18.2 Å². The van der Waals surface area contributed by atoms with Crippen molar-refractivity contribution in [2.75, 3.05) is 0 Å². The minimum atomic E-state index is 0.615. The van der Waals surface area contributed by atoms with E-state index in [-0.39, 0.29) is 0 Å². The molecule has 0 fully saturated rings. The summed E-state index contributed by atoms with van der Waals surface area (Å²) in [5, 5.41) is 6.89. The van der Waals surface area contributed by atoms with Crippen molar-refractivity contribution in [2.24, 2.45) is 0 Å². The Bertz CT molecular complexity index is 2880. The van der Waals surface area contributed by atoms with Crippen molar-refractivity contribution in [3.8, 4) is 22.5 Å². The van der Waals surface area contributed by atoms with Crippen LogP contribution in [0, 0.1) is 6.57 Å². The van der Waals surface area contributed by atoms with Crippen LogP contribution >= 0.6 is 0 Å². The lowest BCUT2D eigenvalue weighted by Crippen LogP contribution is -1.99. The quantitative estimate of drug-likeness (QED) is 0.186. The Morgan fingerprint density at radius 2 is 1.00 bits per heavy atom. The third-order valence-corrected chi connectivity index (χ3v) is 9.54. The van der Waals surface area contributed by atoms with Crippen LogP contribution in [0.1, 0.15) is 0 Å². The molecule has 0 spiro atoms. The number of para-hydroxylation sites is 5. The largest absolute Gasteiger partial charge is 0.456 e. The molecule has 4 nitrogen and oxygen atoms in total. The van der Waals surface area contributed by atoms with Gasteiger partial charge in [-0.15, -0.1) is 0 Å². The molecular weight excluding hydrogens is 574 g/mol. The van der Waals surface area contributed by atoms with Crippen molar-refractivity contribution < 1.29 is 4.42 Å². The van der Waals surface area contributed by atoms with Gasteiger partial charge in [-0.3, -0.25) is 0 Å². The number of aromatic nitrogens is 2. The van der Waals surface area contributed by atoms with E-state index in [0.717, 1.165) is 71.9 Å². The molecule has 0 aliphatic heterocycles. The van der Waals surface area contributed by atoms with Crippen LogP contribution in [0.25, 0.3) is 92.9 Å². The number of benzene rings is 7. The molecule has 3 heterocycles. The molecule has 0 atom stereocenters. The third kappa shape index (κ3) is 3.63. The van der Waals surface area contributed by atoms with Crippen LogP contribution < -0.4 is 0 Å². The van der Waals surface area contributed by atoms with Gasteiger partial charge in [0.15, 0.2) is 0 Å². The fourth-order valence-electron chi connectivity index (χ4n) is 7.51. The van der Waals surface area contributed by atoms with E-state index in [4.69, 9.17) is 11.0 Å². The molecule has 47 heavy (non-hydrogen) atoms. The van der Waals surface area contributed by atoms with Crippen LogP contribution in [0.4, 0.5) is 5.69 Å². The highest BCUT2D eigenvalue weighted by atomic mass is 16.3. The van der Waals surface area contributed by atoms with Gasteiger partial charge in [0, 0.05) is 37.9 Å². The molecule has 0 saturated carbocycles. The maximum atomic E-state index is 8.12. The molecular formula is C43H25N3O. The van der Waals surface area contributed by atoms with Crippen LogP contribution in [0.5, 0.6) is 0 Å². The molecule has 10 rings (SSSR count). The number of hydrogen-bond donors (Lipinski definition) is 0. The van der Waals surface area contributed by atoms with Crippen molar-refractivity contribution in [3.63, 3.8) is 0 Å². The zero-order chi connectivity index (χ0) is 31.1. The van der Waals surface area contributed by atoms with Gasteiger partial charge in [-0.25, -0.2) is 4.85 Å². The Balaban J connectivity index is 1.26. The topological polar surface area (TPSA) is 27.4 Å². The first-order chi connectivity index (χ1) is 23.3. The molecule has 0 N–H and O–H groups in total. The average Bonchev–Trinajstić information content (AvgIpc) is 3.77. The van der Waals surface area contributed by atoms with Gasteiger partial charge < -0.3 is 13.6 Å². The van der Waals surface area contributed by atoms with Gasteiger partial charge in [0.25, 0.3) is 0 Å². The van der Waals surface area contributed by atoms with Gasteiger partial charge in [-0.1, -0.05) is 103 Å². The van der Waals surface area contributed by atoms with Crippen molar-refractivity contribution in [1.82, 2.24) is 9.13 Å². The summed E-state index contributed by atoms with van der Waals surface area (Å²) in [6.45, 7) is 8.12. The number of furan rings is 1. The summed E-state index contributed by atoms with van der Waals surface area (Å²) < 4.78 is 10.9. The highest BCUT2D eigenvalue weighted by Gasteiger charge is 2.20. The van der Waals surface area contributed by atoms with Gasteiger partial charge in [0.05, 0.1) is 40.0 Å².